The van der Waals surface area contributed by atoms with Crippen LogP contribution in [0.2, 0.25) is 0 Å². The number of amides is 2. The molecule has 0 unspecified atom stereocenters. The quantitative estimate of drug-likeness (QED) is 0.0202. The molecule has 0 atom stereocenters. The van der Waals surface area contributed by atoms with Crippen molar-refractivity contribution in [3.05, 3.63) is 276 Å². The molecule has 0 saturated heterocycles. The van der Waals surface area contributed by atoms with E-state index in [4.69, 9.17) is 31.1 Å². The van der Waals surface area contributed by atoms with Gasteiger partial charge in [-0.2, -0.15) is 0 Å². The zero-order valence-corrected chi connectivity index (χ0v) is 62.7. The number of anilines is 3. The molecule has 0 bridgehead atoms. The number of carboxylic acids is 2. The van der Waals surface area contributed by atoms with E-state index in [-0.39, 0.29) is 51.4 Å². The lowest BCUT2D eigenvalue weighted by Gasteiger charge is -2.19. The molecule has 0 fully saturated rings. The first kappa shape index (κ1) is 81.9. The molecule has 0 spiro atoms. The van der Waals surface area contributed by atoms with E-state index in [9.17, 15) is 24.3 Å². The van der Waals surface area contributed by atoms with Crippen LogP contribution in [0.3, 0.4) is 0 Å². The molecule has 16 heteroatoms. The van der Waals surface area contributed by atoms with Crippen LogP contribution in [0.5, 0.6) is 11.5 Å². The number of nitrogens with two attached hydrogens (primary N) is 1. The maximum Gasteiger partial charge on any atom is 0.488 e. The Morgan fingerprint density at radius 3 is 1.10 bits per heavy atom. The van der Waals surface area contributed by atoms with Gasteiger partial charge in [0, 0.05) is 49.5 Å². The number of aryl methyl sites for hydroxylation is 3. The summed E-state index contributed by atoms with van der Waals surface area (Å²) in [5.41, 5.74) is 20.2. The minimum absolute atomic E-state index is 0.00463. The molecule has 0 aliphatic heterocycles. The summed E-state index contributed by atoms with van der Waals surface area (Å²) in [6, 6.07) is 69.4. The summed E-state index contributed by atoms with van der Waals surface area (Å²) < 4.78 is 2.38. The van der Waals surface area contributed by atoms with Crippen molar-refractivity contribution in [1.82, 2.24) is 0 Å². The SMILES string of the molecule is CC(C)(C)c1ccc(/C=C/C(=O)O)cc1.CC(C)(C)c1ccc(CCC(=O)Nc2ccc(-c3cccc(O)c3)cc2)cc1.CC(C)(C)c1ccc(CCC(=O)Nc2ccc(I)cc2)cc1.CC(C)(C)c1ccc(CCC(=O)O)cc1.Nc1ccc(I)cc1.OB(O)c1cccc(O)c1. The second kappa shape index (κ2) is 39.7. The van der Waals surface area contributed by atoms with Gasteiger partial charge in [-0.25, -0.2) is 4.79 Å². The molecule has 0 heterocycles. The lowest BCUT2D eigenvalue weighted by molar-refractivity contribution is -0.137. The number of rotatable bonds is 15. The molecular formula is C82H96BI2N3O10. The van der Waals surface area contributed by atoms with E-state index in [0.29, 0.717) is 24.7 Å². The van der Waals surface area contributed by atoms with E-state index in [1.807, 2.05) is 121 Å². The van der Waals surface area contributed by atoms with Gasteiger partial charge in [0.15, 0.2) is 0 Å². The second-order valence-electron chi connectivity index (χ2n) is 27.5. The minimum atomic E-state index is -1.51. The fourth-order valence-corrected chi connectivity index (χ4v) is 9.82. The third-order valence-corrected chi connectivity index (χ3v) is 16.5. The van der Waals surface area contributed by atoms with Crippen LogP contribution >= 0.6 is 45.2 Å². The summed E-state index contributed by atoms with van der Waals surface area (Å²) in [6.45, 7) is 26.1. The normalized spacial score (nSPS) is 11.0. The molecule has 0 saturated carbocycles. The Hall–Kier alpha value is -8.56. The van der Waals surface area contributed by atoms with Crippen LogP contribution in [-0.2, 0) is 60.1 Å². The molecule has 9 rings (SSSR count). The van der Waals surface area contributed by atoms with Gasteiger partial charge in [-0.3, -0.25) is 14.4 Å². The summed E-state index contributed by atoms with van der Waals surface area (Å²) in [5.74, 6) is -1.33. The maximum atomic E-state index is 12.3. The maximum absolute atomic E-state index is 12.3. The van der Waals surface area contributed by atoms with Gasteiger partial charge in [0.25, 0.3) is 0 Å². The highest BCUT2D eigenvalue weighted by molar-refractivity contribution is 14.1. The Balaban J connectivity index is 0.000000262. The summed E-state index contributed by atoms with van der Waals surface area (Å²) in [5, 5.41) is 58.5. The van der Waals surface area contributed by atoms with Crippen LogP contribution in [0.25, 0.3) is 17.2 Å². The average molecular weight is 1550 g/mol. The number of nitrogens with one attached hydrogen (secondary N) is 2. The van der Waals surface area contributed by atoms with Crippen molar-refractivity contribution in [3.8, 4) is 22.6 Å². The first-order valence-corrected chi connectivity index (χ1v) is 34.5. The van der Waals surface area contributed by atoms with Gasteiger partial charge < -0.3 is 46.8 Å². The van der Waals surface area contributed by atoms with Crippen molar-refractivity contribution in [3.63, 3.8) is 0 Å². The summed E-state index contributed by atoms with van der Waals surface area (Å²) >= 11 is 4.49. The molecular weight excluding hydrogens is 1450 g/mol. The largest absolute Gasteiger partial charge is 0.508 e. The Bertz CT molecular complexity index is 3910. The van der Waals surface area contributed by atoms with Gasteiger partial charge in [0.2, 0.25) is 11.8 Å². The van der Waals surface area contributed by atoms with Crippen molar-refractivity contribution in [2.75, 3.05) is 16.4 Å². The van der Waals surface area contributed by atoms with Crippen LogP contribution in [0.4, 0.5) is 17.1 Å². The number of hydrogen-bond donors (Lipinski definition) is 9. The molecule has 0 radical (unpaired) electrons. The molecule has 9 aromatic carbocycles. The first-order valence-electron chi connectivity index (χ1n) is 32.4. The molecule has 98 heavy (non-hydrogen) atoms. The molecule has 9 aromatic rings. The smallest absolute Gasteiger partial charge is 0.488 e. The van der Waals surface area contributed by atoms with E-state index < -0.39 is 19.1 Å². The van der Waals surface area contributed by atoms with Gasteiger partial charge in [0.05, 0.1) is 0 Å². The second-order valence-corrected chi connectivity index (χ2v) is 30.0. The van der Waals surface area contributed by atoms with Gasteiger partial charge in [-0.15, -0.1) is 0 Å². The molecule has 13 nitrogen and oxygen atoms in total. The highest BCUT2D eigenvalue weighted by atomic mass is 127. The number of aliphatic carboxylic acids is 2. The number of phenols is 2. The van der Waals surface area contributed by atoms with Gasteiger partial charge >= 0.3 is 19.1 Å². The Kier molecular flexibility index (Phi) is 33.2. The number of carboxylic acid groups (broad SMARTS) is 2. The first-order chi connectivity index (χ1) is 45.9. The average Bonchev–Trinajstić information content (AvgIpc) is 0.904. The van der Waals surface area contributed by atoms with E-state index in [0.717, 1.165) is 61.8 Å². The van der Waals surface area contributed by atoms with E-state index in [1.165, 1.54) is 55.1 Å². The standard InChI is InChI=1S/C25H27NO2.C19H22INO.C13H18O2.C13H16O2.C6H7BO3.C6H6IN/c1-25(2,3)21-12-7-18(8-13-21)9-16-24(28)26-22-14-10-19(11-15-22)20-5-4-6-23(27)17-20;1-19(2,3)15-7-4-14(5-8-15)6-13-18(22)21-17-11-9-16(20)10-12-17;2*1-13(2,3)11-7-4-10(5-8-11)6-9-12(14)15;8-6-3-1-2-5(4-6)7(9)10;7-5-1-3-6(8)4-2-5/h4-8,10-15,17,27H,9,16H2,1-3H3,(H,26,28);4-5,7-12H,6,13H2,1-3H3,(H,21,22);4-5,7-8H,6,9H2,1-3H3,(H,14,15);4-9H,1-3H3,(H,14,15);1-4,8-10H;1-4H,8H2/b;;;9-6+;;. The van der Waals surface area contributed by atoms with Gasteiger partial charge in [0.1, 0.15) is 11.5 Å². The topological polar surface area (TPSA) is 240 Å². The summed E-state index contributed by atoms with van der Waals surface area (Å²) in [4.78, 5) is 45.0. The van der Waals surface area contributed by atoms with Crippen LogP contribution < -0.4 is 21.8 Å². The van der Waals surface area contributed by atoms with E-state index >= 15 is 0 Å². The third kappa shape index (κ3) is 32.7. The predicted octanol–water partition coefficient (Wildman–Crippen LogP) is 18.1. The third-order valence-electron chi connectivity index (χ3n) is 15.1. The number of hydrogen-bond acceptors (Lipinski definition) is 9. The van der Waals surface area contributed by atoms with Crippen molar-refractivity contribution in [1.29, 1.82) is 0 Å². The van der Waals surface area contributed by atoms with E-state index in [2.05, 4.69) is 200 Å². The number of aromatic hydroxyl groups is 2. The lowest BCUT2D eigenvalue weighted by Crippen LogP contribution is -2.29. The van der Waals surface area contributed by atoms with Crippen LogP contribution in [-0.4, -0.2) is 61.3 Å². The van der Waals surface area contributed by atoms with Gasteiger partial charge in [-0.1, -0.05) is 217 Å². The lowest BCUT2D eigenvalue weighted by atomic mass is 9.80. The Labute approximate surface area is 608 Å². The number of halogens is 2. The van der Waals surface area contributed by atoms with Gasteiger partial charge in [-0.05, 0) is 238 Å². The number of phenolic OH excluding ortho intramolecular Hbond substituents is 2. The van der Waals surface area contributed by atoms with Crippen molar-refractivity contribution in [2.45, 2.75) is 143 Å². The van der Waals surface area contributed by atoms with Crippen LogP contribution in [0.15, 0.2) is 224 Å². The highest BCUT2D eigenvalue weighted by Gasteiger charge is 2.17. The molecule has 0 aliphatic carbocycles. The van der Waals surface area contributed by atoms with Crippen molar-refractivity contribution in [2.24, 2.45) is 0 Å². The number of nitrogen functional groups attached to an aromatic ring is 1. The molecule has 2 amide bonds. The Morgan fingerprint density at radius 2 is 0.776 bits per heavy atom. The molecule has 0 aromatic heterocycles. The predicted molar refractivity (Wildman–Crippen MR) is 421 cm³/mol. The molecule has 10 N–H and O–H groups in total. The zero-order valence-electron chi connectivity index (χ0n) is 58.4. The summed E-state index contributed by atoms with van der Waals surface area (Å²) in [6.07, 6.45) is 5.98. The van der Waals surface area contributed by atoms with Crippen LogP contribution in [0.1, 0.15) is 147 Å². The van der Waals surface area contributed by atoms with Crippen molar-refractivity contribution >= 4 is 105 Å². The summed E-state index contributed by atoms with van der Waals surface area (Å²) in [7, 11) is -1.51. The monoisotopic (exact) mass is 1550 g/mol. The fraction of sp³-hybridized carbons (Fsp3) is 0.268. The number of benzene rings is 9. The van der Waals surface area contributed by atoms with Crippen molar-refractivity contribution < 1.29 is 49.7 Å². The Morgan fingerprint density at radius 1 is 0.429 bits per heavy atom. The highest BCUT2D eigenvalue weighted by Crippen LogP contribution is 2.28. The van der Waals surface area contributed by atoms with E-state index in [1.54, 1.807) is 24.3 Å². The fourth-order valence-electron chi connectivity index (χ4n) is 9.10. The van der Waals surface area contributed by atoms with Crippen LogP contribution in [0, 0.1) is 7.14 Å². The number of carbonyl (C=O) groups is 4. The zero-order chi connectivity index (χ0) is 72.8. The minimum Gasteiger partial charge on any atom is -0.508 e. The number of carbonyl (C=O) groups excluding carboxylic acids is 2. The molecule has 0 aliphatic rings. The molecule has 516 valence electrons.